The Kier molecular flexibility index (Phi) is 4.11. The maximum absolute atomic E-state index is 12.3. The van der Waals surface area contributed by atoms with Gasteiger partial charge in [0.25, 0.3) is 0 Å². The van der Waals surface area contributed by atoms with Crippen LogP contribution in [0.2, 0.25) is 0 Å². The van der Waals surface area contributed by atoms with E-state index in [2.05, 4.69) is 14.6 Å². The van der Waals surface area contributed by atoms with E-state index in [9.17, 15) is 17.6 Å². The van der Waals surface area contributed by atoms with Crippen molar-refractivity contribution in [1.82, 2.24) is 9.78 Å². The topological polar surface area (TPSA) is 36.3 Å². The van der Waals surface area contributed by atoms with Crippen molar-refractivity contribution in [2.24, 2.45) is 7.05 Å². The maximum Gasteiger partial charge on any atom is 0.387 e. The van der Waals surface area contributed by atoms with Crippen LogP contribution in [0.3, 0.4) is 0 Å². The van der Waals surface area contributed by atoms with Gasteiger partial charge in [0, 0.05) is 18.8 Å². The van der Waals surface area contributed by atoms with Crippen LogP contribution in [-0.2, 0) is 7.05 Å². The Morgan fingerprint density at radius 3 is 2.20 bits per heavy atom. The Hall–Kier alpha value is -2.25. The lowest BCUT2D eigenvalue weighted by Gasteiger charge is -2.12. The Balaban J connectivity index is 2.37. The zero-order valence-electron chi connectivity index (χ0n) is 10.3. The van der Waals surface area contributed by atoms with Crippen LogP contribution in [0.5, 0.6) is 11.5 Å². The number of ether oxygens (including phenoxy) is 2. The number of benzene rings is 1. The molecule has 1 aromatic heterocycles. The molecule has 0 unspecified atom stereocenters. The molecule has 0 saturated heterocycles. The van der Waals surface area contributed by atoms with Gasteiger partial charge in [0.1, 0.15) is 0 Å². The summed E-state index contributed by atoms with van der Waals surface area (Å²) in [4.78, 5) is 0. The smallest absolute Gasteiger partial charge is 0.387 e. The number of hydrogen-bond acceptors (Lipinski definition) is 3. The third kappa shape index (κ3) is 3.40. The lowest BCUT2D eigenvalue weighted by atomic mass is 10.1. The molecule has 0 fully saturated rings. The van der Waals surface area contributed by atoms with E-state index in [1.165, 1.54) is 16.8 Å². The normalized spacial score (nSPS) is 11.2. The number of alkyl halides is 4. The molecule has 108 valence electrons. The Labute approximate surface area is 111 Å². The van der Waals surface area contributed by atoms with Crippen molar-refractivity contribution in [1.29, 1.82) is 0 Å². The Bertz CT molecular complexity index is 587. The van der Waals surface area contributed by atoms with Gasteiger partial charge in [-0.25, -0.2) is 0 Å². The van der Waals surface area contributed by atoms with Crippen molar-refractivity contribution in [3.8, 4) is 22.8 Å². The Morgan fingerprint density at radius 2 is 1.65 bits per heavy atom. The maximum atomic E-state index is 12.3. The molecule has 0 saturated carbocycles. The summed E-state index contributed by atoms with van der Waals surface area (Å²) in [5.74, 6) is -0.927. The number of rotatable bonds is 5. The van der Waals surface area contributed by atoms with E-state index in [1.54, 1.807) is 19.3 Å². The second kappa shape index (κ2) is 5.81. The molecule has 20 heavy (non-hydrogen) atoms. The predicted octanol–water partition coefficient (Wildman–Crippen LogP) is 3.29. The zero-order valence-corrected chi connectivity index (χ0v) is 10.3. The summed E-state index contributed by atoms with van der Waals surface area (Å²) in [5, 5.41) is 4.08. The first kappa shape index (κ1) is 14.2. The van der Waals surface area contributed by atoms with E-state index in [0.717, 1.165) is 6.07 Å². The Morgan fingerprint density at radius 1 is 1.00 bits per heavy atom. The summed E-state index contributed by atoms with van der Waals surface area (Å²) in [6.45, 7) is -6.27. The average molecular weight is 290 g/mol. The molecule has 1 heterocycles. The molecule has 2 rings (SSSR count). The van der Waals surface area contributed by atoms with E-state index >= 15 is 0 Å². The SMILES string of the molecule is Cn1ccc(-c2ccc(OC(F)F)c(OC(F)F)c2)n1. The van der Waals surface area contributed by atoms with Gasteiger partial charge in [-0.2, -0.15) is 22.7 Å². The molecule has 0 atom stereocenters. The molecule has 0 aliphatic rings. The lowest BCUT2D eigenvalue weighted by Crippen LogP contribution is -2.07. The summed E-state index contributed by atoms with van der Waals surface area (Å²) in [6.07, 6.45) is 1.66. The van der Waals surface area contributed by atoms with Gasteiger partial charge < -0.3 is 9.47 Å². The van der Waals surface area contributed by atoms with Gasteiger partial charge >= 0.3 is 13.2 Å². The number of aryl methyl sites for hydroxylation is 1. The van der Waals surface area contributed by atoms with Crippen LogP contribution in [0.1, 0.15) is 0 Å². The first-order chi connectivity index (χ1) is 9.45. The predicted molar refractivity (Wildman–Crippen MR) is 61.9 cm³/mol. The van der Waals surface area contributed by atoms with Crippen LogP contribution < -0.4 is 9.47 Å². The van der Waals surface area contributed by atoms with Crippen molar-refractivity contribution in [2.45, 2.75) is 13.2 Å². The zero-order chi connectivity index (χ0) is 14.7. The molecular weight excluding hydrogens is 280 g/mol. The second-order valence-electron chi connectivity index (χ2n) is 3.79. The van der Waals surface area contributed by atoms with Crippen LogP contribution in [0.4, 0.5) is 17.6 Å². The molecule has 4 nitrogen and oxygen atoms in total. The summed E-state index contributed by atoms with van der Waals surface area (Å²) < 4.78 is 58.8. The summed E-state index contributed by atoms with van der Waals surface area (Å²) >= 11 is 0. The van der Waals surface area contributed by atoms with E-state index in [0.29, 0.717) is 11.3 Å². The molecule has 0 radical (unpaired) electrons. The van der Waals surface area contributed by atoms with Crippen LogP contribution >= 0.6 is 0 Å². The fraction of sp³-hybridized carbons (Fsp3) is 0.250. The second-order valence-corrected chi connectivity index (χ2v) is 3.79. The fourth-order valence-corrected chi connectivity index (χ4v) is 1.62. The molecule has 8 heteroatoms. The molecule has 1 aromatic carbocycles. The number of nitrogens with zero attached hydrogens (tertiary/aromatic N) is 2. The van der Waals surface area contributed by atoms with Crippen LogP contribution in [0, 0.1) is 0 Å². The van der Waals surface area contributed by atoms with Gasteiger partial charge in [0.05, 0.1) is 5.69 Å². The standard InChI is InChI=1S/C12H10F4N2O2/c1-18-5-4-8(17-18)7-2-3-9(19-11(13)14)10(6-7)20-12(15)16/h2-6,11-12H,1H3. The van der Waals surface area contributed by atoms with Gasteiger partial charge in [0.15, 0.2) is 11.5 Å². The molecular formula is C12H10F4N2O2. The highest BCUT2D eigenvalue weighted by atomic mass is 19.3. The quantitative estimate of drug-likeness (QED) is 0.793. The molecule has 0 aliphatic carbocycles. The van der Waals surface area contributed by atoms with Crippen molar-refractivity contribution in [2.75, 3.05) is 0 Å². The highest BCUT2D eigenvalue weighted by molar-refractivity contribution is 5.63. The number of hydrogen-bond donors (Lipinski definition) is 0. The summed E-state index contributed by atoms with van der Waals surface area (Å²) in [6, 6.07) is 5.38. The van der Waals surface area contributed by atoms with E-state index in [1.807, 2.05) is 0 Å². The van der Waals surface area contributed by atoms with Crippen LogP contribution in [-0.4, -0.2) is 23.0 Å². The van der Waals surface area contributed by atoms with Crippen molar-refractivity contribution in [3.05, 3.63) is 30.5 Å². The van der Waals surface area contributed by atoms with Gasteiger partial charge in [-0.1, -0.05) is 0 Å². The van der Waals surface area contributed by atoms with Gasteiger partial charge in [-0.05, 0) is 24.3 Å². The monoisotopic (exact) mass is 290 g/mol. The minimum absolute atomic E-state index is 0.447. The molecule has 0 amide bonds. The largest absolute Gasteiger partial charge is 0.431 e. The average Bonchev–Trinajstić information content (AvgIpc) is 2.77. The molecule has 0 spiro atoms. The van der Waals surface area contributed by atoms with E-state index in [4.69, 9.17) is 0 Å². The molecule has 0 bridgehead atoms. The third-order valence-electron chi connectivity index (χ3n) is 2.39. The van der Waals surface area contributed by atoms with Gasteiger partial charge in [-0.15, -0.1) is 0 Å². The van der Waals surface area contributed by atoms with Crippen molar-refractivity contribution in [3.63, 3.8) is 0 Å². The first-order valence-corrected chi connectivity index (χ1v) is 5.49. The summed E-state index contributed by atoms with van der Waals surface area (Å²) in [5.41, 5.74) is 0.943. The van der Waals surface area contributed by atoms with E-state index < -0.39 is 24.7 Å². The summed E-state index contributed by atoms with van der Waals surface area (Å²) in [7, 11) is 1.69. The van der Waals surface area contributed by atoms with Crippen LogP contribution in [0.15, 0.2) is 30.5 Å². The van der Waals surface area contributed by atoms with Gasteiger partial charge in [0.2, 0.25) is 0 Å². The van der Waals surface area contributed by atoms with Crippen LogP contribution in [0.25, 0.3) is 11.3 Å². The van der Waals surface area contributed by atoms with E-state index in [-0.39, 0.29) is 0 Å². The number of aromatic nitrogens is 2. The molecule has 0 aliphatic heterocycles. The first-order valence-electron chi connectivity index (χ1n) is 5.49. The molecule has 2 aromatic rings. The third-order valence-corrected chi connectivity index (χ3v) is 2.39. The minimum atomic E-state index is -3.14. The highest BCUT2D eigenvalue weighted by Crippen LogP contribution is 2.34. The van der Waals surface area contributed by atoms with Gasteiger partial charge in [-0.3, -0.25) is 4.68 Å². The van der Waals surface area contributed by atoms with Crippen molar-refractivity contribution < 1.29 is 27.0 Å². The lowest BCUT2D eigenvalue weighted by molar-refractivity contribution is -0.0692. The minimum Gasteiger partial charge on any atom is -0.431 e. The fourth-order valence-electron chi connectivity index (χ4n) is 1.62. The highest BCUT2D eigenvalue weighted by Gasteiger charge is 2.16. The number of halogens is 4. The van der Waals surface area contributed by atoms with Crippen molar-refractivity contribution >= 4 is 0 Å². The molecule has 0 N–H and O–H groups in total.